The Balaban J connectivity index is 1.28. The first kappa shape index (κ1) is 22.1. The second kappa shape index (κ2) is 10.0. The summed E-state index contributed by atoms with van der Waals surface area (Å²) in [5.74, 6) is 0.573. The molecule has 2 aromatic carbocycles. The number of ether oxygens (including phenoxy) is 1. The second-order valence-electron chi connectivity index (χ2n) is 8.29. The van der Waals surface area contributed by atoms with Gasteiger partial charge in [-0.1, -0.05) is 12.1 Å². The number of benzene rings is 2. The molecule has 0 unspecified atom stereocenters. The molecule has 0 spiro atoms. The van der Waals surface area contributed by atoms with Crippen molar-refractivity contribution in [2.45, 2.75) is 19.8 Å². The van der Waals surface area contributed by atoms with Crippen LogP contribution in [0.4, 0.5) is 10.1 Å². The van der Waals surface area contributed by atoms with Crippen molar-refractivity contribution in [2.24, 2.45) is 5.92 Å². The Labute approximate surface area is 188 Å². The molecule has 170 valence electrons. The molecule has 2 saturated heterocycles. The molecule has 4 rings (SSSR count). The zero-order valence-corrected chi connectivity index (χ0v) is 18.5. The summed E-state index contributed by atoms with van der Waals surface area (Å²) in [7, 11) is 0. The van der Waals surface area contributed by atoms with E-state index in [4.69, 9.17) is 4.74 Å². The van der Waals surface area contributed by atoms with Gasteiger partial charge in [-0.25, -0.2) is 4.39 Å². The third-order valence-corrected chi connectivity index (χ3v) is 6.32. The van der Waals surface area contributed by atoms with Crippen LogP contribution in [0.25, 0.3) is 0 Å². The lowest BCUT2D eigenvalue weighted by atomic mass is 9.94. The third-order valence-electron chi connectivity index (χ3n) is 6.32. The van der Waals surface area contributed by atoms with Gasteiger partial charge in [-0.15, -0.1) is 0 Å². The van der Waals surface area contributed by atoms with E-state index in [1.807, 2.05) is 30.0 Å². The Kier molecular flexibility index (Phi) is 6.93. The van der Waals surface area contributed by atoms with Crippen LogP contribution >= 0.6 is 0 Å². The van der Waals surface area contributed by atoms with Gasteiger partial charge in [0.2, 0.25) is 5.91 Å². The topological polar surface area (TPSA) is 53.1 Å². The van der Waals surface area contributed by atoms with Crippen molar-refractivity contribution in [3.63, 3.8) is 0 Å². The SMILES string of the molecule is CCOc1ccccc1N1CCN(C(=O)C2CCN(C(=O)c3ccc(F)cc3)CC2)CC1. The number of halogens is 1. The number of para-hydroxylation sites is 2. The van der Waals surface area contributed by atoms with E-state index in [1.165, 1.54) is 24.3 Å². The first-order chi connectivity index (χ1) is 15.6. The fraction of sp³-hybridized carbons (Fsp3) is 0.440. The van der Waals surface area contributed by atoms with Crippen LogP contribution < -0.4 is 9.64 Å². The van der Waals surface area contributed by atoms with Crippen LogP contribution in [-0.4, -0.2) is 67.5 Å². The van der Waals surface area contributed by atoms with Crippen LogP contribution in [0.15, 0.2) is 48.5 Å². The number of carbonyl (C=O) groups is 2. The zero-order valence-electron chi connectivity index (χ0n) is 18.5. The molecule has 32 heavy (non-hydrogen) atoms. The molecule has 0 atom stereocenters. The number of hydrogen-bond donors (Lipinski definition) is 0. The summed E-state index contributed by atoms with van der Waals surface area (Å²) in [6.45, 7) is 6.63. The van der Waals surface area contributed by atoms with E-state index in [0.717, 1.165) is 24.5 Å². The van der Waals surface area contributed by atoms with Gasteiger partial charge in [-0.2, -0.15) is 0 Å². The van der Waals surface area contributed by atoms with Gasteiger partial charge >= 0.3 is 0 Å². The maximum Gasteiger partial charge on any atom is 0.253 e. The Morgan fingerprint density at radius 2 is 1.56 bits per heavy atom. The molecular formula is C25H30FN3O3. The first-order valence-corrected chi connectivity index (χ1v) is 11.4. The Bertz CT molecular complexity index is 934. The lowest BCUT2D eigenvalue weighted by molar-refractivity contribution is -0.137. The number of anilines is 1. The summed E-state index contributed by atoms with van der Waals surface area (Å²) in [6, 6.07) is 13.7. The molecule has 0 aromatic heterocycles. The van der Waals surface area contributed by atoms with Gasteiger partial charge in [0.15, 0.2) is 0 Å². The minimum absolute atomic E-state index is 0.0467. The molecule has 2 heterocycles. The molecule has 2 aliphatic rings. The van der Waals surface area contributed by atoms with Gasteiger partial charge in [0, 0.05) is 50.7 Å². The molecule has 2 fully saturated rings. The predicted molar refractivity (Wildman–Crippen MR) is 121 cm³/mol. The number of hydrogen-bond acceptors (Lipinski definition) is 4. The van der Waals surface area contributed by atoms with Gasteiger partial charge in [0.05, 0.1) is 12.3 Å². The highest BCUT2D eigenvalue weighted by Gasteiger charge is 2.32. The van der Waals surface area contributed by atoms with E-state index in [9.17, 15) is 14.0 Å². The number of piperidine rings is 1. The maximum atomic E-state index is 13.1. The first-order valence-electron chi connectivity index (χ1n) is 11.4. The quantitative estimate of drug-likeness (QED) is 0.716. The van der Waals surface area contributed by atoms with Gasteiger partial charge in [-0.05, 0) is 56.2 Å². The monoisotopic (exact) mass is 439 g/mol. The fourth-order valence-electron chi connectivity index (χ4n) is 4.53. The number of carbonyl (C=O) groups excluding carboxylic acids is 2. The lowest BCUT2D eigenvalue weighted by Crippen LogP contribution is -2.52. The maximum absolute atomic E-state index is 13.1. The van der Waals surface area contributed by atoms with E-state index in [2.05, 4.69) is 11.0 Å². The standard InChI is InChI=1S/C25H30FN3O3/c1-2-32-23-6-4-3-5-22(23)27-15-17-29(18-16-27)25(31)20-11-13-28(14-12-20)24(30)19-7-9-21(26)10-8-19/h3-10,20H,2,11-18H2,1H3. The van der Waals surface area contributed by atoms with Gasteiger partial charge < -0.3 is 19.4 Å². The second-order valence-corrected chi connectivity index (χ2v) is 8.29. The highest BCUT2D eigenvalue weighted by molar-refractivity contribution is 5.94. The molecule has 6 nitrogen and oxygen atoms in total. The van der Waals surface area contributed by atoms with Gasteiger partial charge in [-0.3, -0.25) is 9.59 Å². The molecule has 0 N–H and O–H groups in total. The van der Waals surface area contributed by atoms with Crippen LogP contribution in [0.3, 0.4) is 0 Å². The molecule has 0 radical (unpaired) electrons. The predicted octanol–water partition coefficient (Wildman–Crippen LogP) is 3.43. The van der Waals surface area contributed by atoms with E-state index in [1.54, 1.807) is 4.90 Å². The number of amides is 2. The average molecular weight is 440 g/mol. The molecular weight excluding hydrogens is 409 g/mol. The fourth-order valence-corrected chi connectivity index (χ4v) is 4.53. The molecule has 0 bridgehead atoms. The average Bonchev–Trinajstić information content (AvgIpc) is 2.84. The van der Waals surface area contributed by atoms with Crippen molar-refractivity contribution in [3.05, 3.63) is 59.9 Å². The van der Waals surface area contributed by atoms with Crippen LogP contribution in [0.5, 0.6) is 5.75 Å². The van der Waals surface area contributed by atoms with Crippen molar-refractivity contribution < 1.29 is 18.7 Å². The number of rotatable bonds is 5. The highest BCUT2D eigenvalue weighted by Crippen LogP contribution is 2.29. The summed E-state index contributed by atoms with van der Waals surface area (Å²) < 4.78 is 18.9. The summed E-state index contributed by atoms with van der Waals surface area (Å²) in [5.41, 5.74) is 1.56. The Morgan fingerprint density at radius 1 is 0.906 bits per heavy atom. The van der Waals surface area contributed by atoms with Gasteiger partial charge in [0.25, 0.3) is 5.91 Å². The highest BCUT2D eigenvalue weighted by atomic mass is 19.1. The van der Waals surface area contributed by atoms with Crippen molar-refractivity contribution in [1.29, 1.82) is 0 Å². The molecule has 2 amide bonds. The minimum atomic E-state index is -0.354. The summed E-state index contributed by atoms with van der Waals surface area (Å²) in [4.78, 5) is 31.7. The minimum Gasteiger partial charge on any atom is -0.492 e. The Morgan fingerprint density at radius 3 is 2.22 bits per heavy atom. The van der Waals surface area contributed by atoms with Crippen LogP contribution in [0, 0.1) is 11.7 Å². The Hall–Kier alpha value is -3.09. The van der Waals surface area contributed by atoms with Crippen molar-refractivity contribution in [2.75, 3.05) is 50.8 Å². The molecule has 7 heteroatoms. The largest absolute Gasteiger partial charge is 0.492 e. The van der Waals surface area contributed by atoms with Crippen molar-refractivity contribution in [1.82, 2.24) is 9.80 Å². The smallest absolute Gasteiger partial charge is 0.253 e. The molecule has 0 saturated carbocycles. The third kappa shape index (κ3) is 4.87. The summed E-state index contributed by atoms with van der Waals surface area (Å²) in [5, 5.41) is 0. The van der Waals surface area contributed by atoms with Crippen LogP contribution in [0.2, 0.25) is 0 Å². The van der Waals surface area contributed by atoms with E-state index >= 15 is 0 Å². The van der Waals surface area contributed by atoms with Gasteiger partial charge in [0.1, 0.15) is 11.6 Å². The van der Waals surface area contributed by atoms with E-state index < -0.39 is 0 Å². The van der Waals surface area contributed by atoms with E-state index in [0.29, 0.717) is 51.2 Å². The molecule has 0 aliphatic carbocycles. The number of piperazine rings is 1. The van der Waals surface area contributed by atoms with Crippen molar-refractivity contribution >= 4 is 17.5 Å². The van der Waals surface area contributed by atoms with Crippen LogP contribution in [-0.2, 0) is 4.79 Å². The zero-order chi connectivity index (χ0) is 22.5. The van der Waals surface area contributed by atoms with Crippen molar-refractivity contribution in [3.8, 4) is 5.75 Å². The lowest BCUT2D eigenvalue weighted by Gasteiger charge is -2.39. The molecule has 2 aromatic rings. The number of likely N-dealkylation sites (tertiary alicyclic amines) is 1. The number of nitrogens with zero attached hydrogens (tertiary/aromatic N) is 3. The van der Waals surface area contributed by atoms with E-state index in [-0.39, 0.29) is 23.5 Å². The summed E-state index contributed by atoms with van der Waals surface area (Å²) in [6.07, 6.45) is 1.33. The summed E-state index contributed by atoms with van der Waals surface area (Å²) >= 11 is 0. The molecule has 2 aliphatic heterocycles. The normalized spacial score (nSPS) is 17.4. The van der Waals surface area contributed by atoms with Crippen LogP contribution in [0.1, 0.15) is 30.1 Å².